The molecular formula is C10H11N3O2. The van der Waals surface area contributed by atoms with E-state index in [4.69, 9.17) is 5.11 Å². The maximum atomic E-state index is 11.1. The number of nitrogens with zero attached hydrogens (tertiary/aromatic N) is 3. The molecule has 78 valence electrons. The van der Waals surface area contributed by atoms with E-state index in [1.54, 1.807) is 18.3 Å². The van der Waals surface area contributed by atoms with Crippen LogP contribution < -0.4 is 0 Å². The van der Waals surface area contributed by atoms with E-state index < -0.39 is 5.97 Å². The fourth-order valence-corrected chi connectivity index (χ4v) is 1.56. The van der Waals surface area contributed by atoms with Crippen LogP contribution >= 0.6 is 0 Å². The Balaban J connectivity index is 2.69. The average Bonchev–Trinajstić information content (AvgIpc) is 2.56. The van der Waals surface area contributed by atoms with E-state index in [1.807, 2.05) is 6.92 Å². The lowest BCUT2D eigenvalue weighted by Crippen LogP contribution is -2.09. The van der Waals surface area contributed by atoms with E-state index in [1.165, 1.54) is 4.68 Å². The highest BCUT2D eigenvalue weighted by atomic mass is 16.4. The molecular weight excluding hydrogens is 194 g/mol. The Morgan fingerprint density at radius 2 is 2.40 bits per heavy atom. The van der Waals surface area contributed by atoms with Gasteiger partial charge in [0.1, 0.15) is 0 Å². The molecule has 0 fully saturated rings. The van der Waals surface area contributed by atoms with Gasteiger partial charge in [0.05, 0.1) is 5.39 Å². The maximum absolute atomic E-state index is 11.1. The molecule has 5 nitrogen and oxygen atoms in total. The third-order valence-corrected chi connectivity index (χ3v) is 2.15. The van der Waals surface area contributed by atoms with Crippen LogP contribution in [0.5, 0.6) is 0 Å². The second-order valence-corrected chi connectivity index (χ2v) is 3.25. The number of carboxylic acids is 1. The van der Waals surface area contributed by atoms with Gasteiger partial charge in [-0.1, -0.05) is 6.92 Å². The molecule has 0 saturated carbocycles. The van der Waals surface area contributed by atoms with Crippen molar-refractivity contribution in [3.8, 4) is 0 Å². The minimum absolute atomic E-state index is 0.222. The van der Waals surface area contributed by atoms with Crippen LogP contribution in [0.15, 0.2) is 18.3 Å². The number of hydrogen-bond donors (Lipinski definition) is 1. The molecule has 2 aromatic heterocycles. The number of hydrogen-bond acceptors (Lipinski definition) is 3. The molecule has 0 unspecified atom stereocenters. The zero-order valence-corrected chi connectivity index (χ0v) is 8.34. The minimum Gasteiger partial charge on any atom is -0.477 e. The third-order valence-electron chi connectivity index (χ3n) is 2.15. The Morgan fingerprint density at radius 1 is 1.60 bits per heavy atom. The summed E-state index contributed by atoms with van der Waals surface area (Å²) in [4.78, 5) is 15.1. The molecule has 0 aliphatic heterocycles. The summed E-state index contributed by atoms with van der Waals surface area (Å²) in [6.07, 6.45) is 2.45. The van der Waals surface area contributed by atoms with Crippen molar-refractivity contribution in [2.75, 3.05) is 0 Å². The molecule has 0 aliphatic carbocycles. The Hall–Kier alpha value is -1.91. The van der Waals surface area contributed by atoms with Crippen molar-refractivity contribution in [1.29, 1.82) is 0 Å². The zero-order chi connectivity index (χ0) is 10.8. The topological polar surface area (TPSA) is 68.0 Å². The van der Waals surface area contributed by atoms with E-state index in [0.717, 1.165) is 6.42 Å². The molecule has 5 heteroatoms. The molecule has 0 aliphatic rings. The number of rotatable bonds is 3. The van der Waals surface area contributed by atoms with Gasteiger partial charge in [0.2, 0.25) is 0 Å². The maximum Gasteiger partial charge on any atom is 0.354 e. The molecule has 15 heavy (non-hydrogen) atoms. The Morgan fingerprint density at radius 3 is 3.07 bits per heavy atom. The fraction of sp³-hybridized carbons (Fsp3) is 0.300. The summed E-state index contributed by atoms with van der Waals surface area (Å²) in [6, 6.07) is 3.44. The van der Waals surface area contributed by atoms with Gasteiger partial charge < -0.3 is 5.11 Å². The van der Waals surface area contributed by atoms with Crippen LogP contribution in [-0.2, 0) is 6.54 Å². The van der Waals surface area contributed by atoms with Gasteiger partial charge in [-0.15, -0.1) is 0 Å². The van der Waals surface area contributed by atoms with Crippen molar-refractivity contribution in [2.24, 2.45) is 0 Å². The lowest BCUT2D eigenvalue weighted by Gasteiger charge is -2.00. The summed E-state index contributed by atoms with van der Waals surface area (Å²) in [7, 11) is 0. The first-order chi connectivity index (χ1) is 7.24. The molecule has 0 aromatic carbocycles. The van der Waals surface area contributed by atoms with Gasteiger partial charge in [0.15, 0.2) is 11.3 Å². The number of aromatic nitrogens is 3. The summed E-state index contributed by atoms with van der Waals surface area (Å²) in [6.45, 7) is 2.57. The zero-order valence-electron chi connectivity index (χ0n) is 8.34. The van der Waals surface area contributed by atoms with Gasteiger partial charge in [0, 0.05) is 12.7 Å². The Labute approximate surface area is 86.4 Å². The van der Waals surface area contributed by atoms with Gasteiger partial charge in [-0.05, 0) is 18.6 Å². The molecule has 0 radical (unpaired) electrons. The lowest BCUT2D eigenvalue weighted by molar-refractivity contribution is 0.0685. The van der Waals surface area contributed by atoms with Crippen molar-refractivity contribution in [2.45, 2.75) is 19.9 Å². The van der Waals surface area contributed by atoms with E-state index in [0.29, 0.717) is 17.6 Å². The van der Waals surface area contributed by atoms with E-state index in [2.05, 4.69) is 10.1 Å². The first-order valence-electron chi connectivity index (χ1n) is 4.79. The summed E-state index contributed by atoms with van der Waals surface area (Å²) in [5.41, 5.74) is 0.711. The SMILES string of the molecule is CCCn1nc2ncccc2c1C(=O)O. The van der Waals surface area contributed by atoms with E-state index in [9.17, 15) is 4.79 Å². The number of pyridine rings is 1. The van der Waals surface area contributed by atoms with Crippen molar-refractivity contribution < 1.29 is 9.90 Å². The quantitative estimate of drug-likeness (QED) is 0.825. The lowest BCUT2D eigenvalue weighted by atomic mass is 10.2. The van der Waals surface area contributed by atoms with Gasteiger partial charge in [-0.2, -0.15) is 5.10 Å². The van der Waals surface area contributed by atoms with Crippen molar-refractivity contribution >= 4 is 17.0 Å². The highest BCUT2D eigenvalue weighted by Gasteiger charge is 2.16. The van der Waals surface area contributed by atoms with Gasteiger partial charge in [-0.25, -0.2) is 9.78 Å². The smallest absolute Gasteiger partial charge is 0.354 e. The van der Waals surface area contributed by atoms with E-state index >= 15 is 0 Å². The standard InChI is InChI=1S/C10H11N3O2/c1-2-6-13-8(10(14)15)7-4-3-5-11-9(7)12-13/h3-5H,2,6H2,1H3,(H,14,15). The molecule has 0 bridgehead atoms. The number of carboxylic acid groups (broad SMARTS) is 1. The van der Waals surface area contributed by atoms with Gasteiger partial charge in [0.25, 0.3) is 0 Å². The molecule has 0 amide bonds. The molecule has 0 saturated heterocycles. The van der Waals surface area contributed by atoms with Crippen LogP contribution in [0.2, 0.25) is 0 Å². The van der Waals surface area contributed by atoms with Crippen molar-refractivity contribution in [3.63, 3.8) is 0 Å². The molecule has 2 heterocycles. The minimum atomic E-state index is -0.959. The molecule has 1 N–H and O–H groups in total. The van der Waals surface area contributed by atoms with Gasteiger partial charge >= 0.3 is 5.97 Å². The second-order valence-electron chi connectivity index (χ2n) is 3.25. The number of aryl methyl sites for hydroxylation is 1. The second kappa shape index (κ2) is 3.68. The summed E-state index contributed by atoms with van der Waals surface area (Å²) in [5, 5.41) is 13.8. The Bertz CT molecular complexity index is 504. The van der Waals surface area contributed by atoms with Crippen LogP contribution in [0.3, 0.4) is 0 Å². The monoisotopic (exact) mass is 205 g/mol. The van der Waals surface area contributed by atoms with Crippen LogP contribution in [-0.4, -0.2) is 25.8 Å². The first-order valence-corrected chi connectivity index (χ1v) is 4.79. The molecule has 2 aromatic rings. The number of carbonyl (C=O) groups is 1. The van der Waals surface area contributed by atoms with E-state index in [-0.39, 0.29) is 5.69 Å². The molecule has 2 rings (SSSR count). The van der Waals surface area contributed by atoms with Crippen LogP contribution in [0.1, 0.15) is 23.8 Å². The highest BCUT2D eigenvalue weighted by Crippen LogP contribution is 2.16. The number of aromatic carboxylic acids is 1. The average molecular weight is 205 g/mol. The predicted octanol–water partition coefficient (Wildman–Crippen LogP) is 1.54. The largest absolute Gasteiger partial charge is 0.477 e. The van der Waals surface area contributed by atoms with Gasteiger partial charge in [-0.3, -0.25) is 4.68 Å². The Kier molecular flexibility index (Phi) is 2.37. The predicted molar refractivity (Wildman–Crippen MR) is 54.8 cm³/mol. The van der Waals surface area contributed by atoms with Crippen LogP contribution in [0, 0.1) is 0 Å². The molecule has 0 spiro atoms. The summed E-state index contributed by atoms with van der Waals surface area (Å²) >= 11 is 0. The normalized spacial score (nSPS) is 10.7. The van der Waals surface area contributed by atoms with Crippen LogP contribution in [0.25, 0.3) is 11.0 Å². The fourth-order valence-electron chi connectivity index (χ4n) is 1.56. The summed E-state index contributed by atoms with van der Waals surface area (Å²) in [5.74, 6) is -0.959. The van der Waals surface area contributed by atoms with Crippen molar-refractivity contribution in [1.82, 2.24) is 14.8 Å². The first kappa shape index (κ1) is 9.64. The number of fused-ring (bicyclic) bond motifs is 1. The molecule has 0 atom stereocenters. The van der Waals surface area contributed by atoms with Crippen molar-refractivity contribution in [3.05, 3.63) is 24.0 Å². The third kappa shape index (κ3) is 1.56. The van der Waals surface area contributed by atoms with Crippen LogP contribution in [0.4, 0.5) is 0 Å². The summed E-state index contributed by atoms with van der Waals surface area (Å²) < 4.78 is 1.50. The highest BCUT2D eigenvalue weighted by molar-refractivity contribution is 6.00.